The Morgan fingerprint density at radius 2 is 1.49 bits per heavy atom. The highest BCUT2D eigenvalue weighted by Crippen LogP contribution is 2.60. The van der Waals surface area contributed by atoms with Gasteiger partial charge in [-0.1, -0.05) is 67.2 Å². The third-order valence-corrected chi connectivity index (χ3v) is 11.2. The predicted molar refractivity (Wildman–Crippen MR) is 139 cm³/mol. The number of ketones is 1. The summed E-state index contributed by atoms with van der Waals surface area (Å²) in [5.41, 5.74) is 0.404. The zero-order chi connectivity index (χ0) is 25.2. The van der Waals surface area contributed by atoms with Gasteiger partial charge >= 0.3 is 0 Å². The zero-order valence-corrected chi connectivity index (χ0v) is 23.1. The Labute approximate surface area is 229 Å². The molecule has 1 heterocycles. The van der Waals surface area contributed by atoms with E-state index in [2.05, 4.69) is 31.9 Å². The molecular weight excluding hydrogens is 623 g/mol. The highest BCUT2D eigenvalue weighted by atomic mass is 79.9. The van der Waals surface area contributed by atoms with Gasteiger partial charge in [-0.15, -0.1) is 0 Å². The predicted octanol–water partition coefficient (Wildman–Crippen LogP) is 5.40. The number of hydrogen-bond donors (Lipinski definition) is 0. The Hall–Kier alpha value is -1.74. The number of fused-ring (bicyclic) bond motifs is 5. The Morgan fingerprint density at radius 1 is 0.943 bits per heavy atom. The standard InChI is InChI=1S/C25H20Br2Cl2N2O4/c1-11(22(32)12-6-8-13(28)9-7-12)30(23(33)14-4-2-3-5-17(14)29)31-24(34)18-15-10-16(19(18)25(31)35)21(27)20(15)26/h2-9,11,15-16,18-21H,10H2,1H3/t11-,15-,16-,18-,19+,20-,21+/m1/s1. The first-order valence-corrected chi connectivity index (χ1v) is 13.8. The molecule has 5 rings (SSSR count). The third-order valence-electron chi connectivity index (χ3n) is 7.37. The minimum absolute atomic E-state index is 0.0321. The fourth-order valence-corrected chi connectivity index (χ4v) is 7.93. The minimum Gasteiger partial charge on any atom is -0.292 e. The summed E-state index contributed by atoms with van der Waals surface area (Å²) in [5.74, 6) is -3.16. The van der Waals surface area contributed by atoms with Crippen molar-refractivity contribution in [2.45, 2.75) is 29.0 Å². The molecule has 3 fully saturated rings. The van der Waals surface area contributed by atoms with Crippen LogP contribution in [0.4, 0.5) is 0 Å². The lowest BCUT2D eigenvalue weighted by Crippen LogP contribution is -2.57. The first-order chi connectivity index (χ1) is 16.6. The highest BCUT2D eigenvalue weighted by Gasteiger charge is 2.68. The van der Waals surface area contributed by atoms with E-state index >= 15 is 0 Å². The average Bonchev–Trinajstić information content (AvgIpc) is 3.45. The van der Waals surface area contributed by atoms with Crippen LogP contribution in [0.2, 0.25) is 10.0 Å². The zero-order valence-electron chi connectivity index (χ0n) is 18.4. The number of benzene rings is 2. The maximum Gasteiger partial charge on any atom is 0.275 e. The lowest BCUT2D eigenvalue weighted by Gasteiger charge is -2.35. The van der Waals surface area contributed by atoms with Gasteiger partial charge in [-0.2, -0.15) is 5.01 Å². The molecule has 0 aromatic heterocycles. The van der Waals surface area contributed by atoms with E-state index in [-0.39, 0.29) is 32.1 Å². The number of rotatable bonds is 5. The number of carbonyl (C=O) groups excluding carboxylic acids is 4. The van der Waals surface area contributed by atoms with Crippen molar-refractivity contribution in [1.82, 2.24) is 10.0 Å². The number of nitrogens with zero attached hydrogens (tertiary/aromatic N) is 2. The molecule has 1 aliphatic heterocycles. The van der Waals surface area contributed by atoms with Crippen LogP contribution in [-0.4, -0.2) is 49.2 Å². The maximum absolute atomic E-state index is 13.8. The number of halogens is 4. The molecule has 35 heavy (non-hydrogen) atoms. The van der Waals surface area contributed by atoms with E-state index in [0.717, 1.165) is 16.4 Å². The van der Waals surface area contributed by atoms with Crippen LogP contribution in [0, 0.1) is 23.7 Å². The lowest BCUT2D eigenvalue weighted by molar-refractivity contribution is -0.157. The summed E-state index contributed by atoms with van der Waals surface area (Å²) in [6.07, 6.45) is 0.754. The number of amides is 3. The molecule has 3 amide bonds. The van der Waals surface area contributed by atoms with Gasteiger partial charge in [-0.25, -0.2) is 5.01 Å². The number of imide groups is 1. The molecular formula is C25H20Br2Cl2N2O4. The van der Waals surface area contributed by atoms with Crippen molar-refractivity contribution in [3.63, 3.8) is 0 Å². The van der Waals surface area contributed by atoms with Gasteiger partial charge in [0.15, 0.2) is 5.78 Å². The van der Waals surface area contributed by atoms with Crippen LogP contribution in [0.1, 0.15) is 34.1 Å². The molecule has 2 aromatic rings. The Kier molecular flexibility index (Phi) is 6.62. The Morgan fingerprint density at radius 3 is 2.03 bits per heavy atom. The monoisotopic (exact) mass is 640 g/mol. The smallest absolute Gasteiger partial charge is 0.275 e. The number of hydrogen-bond acceptors (Lipinski definition) is 4. The molecule has 2 saturated carbocycles. The summed E-state index contributed by atoms with van der Waals surface area (Å²) in [6, 6.07) is 11.5. The molecule has 2 aliphatic carbocycles. The molecule has 10 heteroatoms. The van der Waals surface area contributed by atoms with Gasteiger partial charge in [-0.05, 0) is 61.6 Å². The fraction of sp³-hybridized carbons (Fsp3) is 0.360. The summed E-state index contributed by atoms with van der Waals surface area (Å²) in [4.78, 5) is 54.8. The van der Waals surface area contributed by atoms with Crippen LogP contribution in [0.5, 0.6) is 0 Å². The van der Waals surface area contributed by atoms with Crippen LogP contribution in [-0.2, 0) is 9.59 Å². The van der Waals surface area contributed by atoms with Gasteiger partial charge in [0.2, 0.25) is 0 Å². The van der Waals surface area contributed by atoms with Crippen molar-refractivity contribution in [3.05, 3.63) is 69.7 Å². The van der Waals surface area contributed by atoms with E-state index in [4.69, 9.17) is 23.2 Å². The van der Waals surface area contributed by atoms with Crippen molar-refractivity contribution in [3.8, 4) is 0 Å². The molecule has 182 valence electrons. The van der Waals surface area contributed by atoms with Gasteiger partial charge in [0.25, 0.3) is 17.7 Å². The summed E-state index contributed by atoms with van der Waals surface area (Å²) < 4.78 is 0. The van der Waals surface area contributed by atoms with E-state index < -0.39 is 41.4 Å². The molecule has 0 unspecified atom stereocenters. The van der Waals surface area contributed by atoms with Crippen LogP contribution in [0.25, 0.3) is 0 Å². The highest BCUT2D eigenvalue weighted by molar-refractivity contribution is 9.12. The summed E-state index contributed by atoms with van der Waals surface area (Å²) in [7, 11) is 0. The number of carbonyl (C=O) groups is 4. The molecule has 0 radical (unpaired) electrons. The Balaban J connectivity index is 1.56. The molecule has 7 atom stereocenters. The number of hydrazine groups is 1. The van der Waals surface area contributed by atoms with Gasteiger partial charge in [0, 0.05) is 20.2 Å². The van der Waals surface area contributed by atoms with Gasteiger partial charge in [0.05, 0.1) is 22.4 Å². The van der Waals surface area contributed by atoms with Crippen LogP contribution < -0.4 is 0 Å². The first-order valence-electron chi connectivity index (χ1n) is 11.2. The topological polar surface area (TPSA) is 74.8 Å². The molecule has 0 N–H and O–H groups in total. The third kappa shape index (κ3) is 3.88. The van der Waals surface area contributed by atoms with Crippen LogP contribution in [0.3, 0.4) is 0 Å². The van der Waals surface area contributed by atoms with E-state index in [0.29, 0.717) is 10.6 Å². The van der Waals surface area contributed by atoms with Crippen LogP contribution >= 0.6 is 55.1 Å². The minimum atomic E-state index is -1.15. The van der Waals surface area contributed by atoms with E-state index in [1.54, 1.807) is 42.5 Å². The van der Waals surface area contributed by atoms with Gasteiger partial charge in [0.1, 0.15) is 6.04 Å². The van der Waals surface area contributed by atoms with E-state index in [1.165, 1.54) is 13.0 Å². The maximum atomic E-state index is 13.8. The van der Waals surface area contributed by atoms with Gasteiger partial charge < -0.3 is 0 Å². The van der Waals surface area contributed by atoms with E-state index in [1.807, 2.05) is 0 Å². The molecule has 2 aromatic carbocycles. The second kappa shape index (κ2) is 9.29. The van der Waals surface area contributed by atoms with Crippen molar-refractivity contribution in [1.29, 1.82) is 0 Å². The molecule has 6 nitrogen and oxygen atoms in total. The lowest BCUT2D eigenvalue weighted by atomic mass is 9.81. The van der Waals surface area contributed by atoms with Crippen molar-refractivity contribution in [2.24, 2.45) is 23.7 Å². The largest absolute Gasteiger partial charge is 0.292 e. The molecule has 1 saturated heterocycles. The average molecular weight is 643 g/mol. The second-order valence-electron chi connectivity index (χ2n) is 9.17. The van der Waals surface area contributed by atoms with Gasteiger partial charge in [-0.3, -0.25) is 19.2 Å². The summed E-state index contributed by atoms with van der Waals surface area (Å²) in [5, 5.41) is 2.52. The molecule has 2 bridgehead atoms. The molecule has 3 aliphatic rings. The van der Waals surface area contributed by atoms with E-state index in [9.17, 15) is 19.2 Å². The number of alkyl halides is 2. The van der Waals surface area contributed by atoms with Crippen molar-refractivity contribution < 1.29 is 19.2 Å². The van der Waals surface area contributed by atoms with Crippen molar-refractivity contribution >= 4 is 78.6 Å². The van der Waals surface area contributed by atoms with Crippen molar-refractivity contribution in [2.75, 3.05) is 0 Å². The fourth-order valence-electron chi connectivity index (χ4n) is 5.71. The van der Waals surface area contributed by atoms with Crippen LogP contribution in [0.15, 0.2) is 48.5 Å². The summed E-state index contributed by atoms with van der Waals surface area (Å²) >= 11 is 19.6. The summed E-state index contributed by atoms with van der Waals surface area (Å²) in [6.45, 7) is 1.51. The molecule has 0 spiro atoms. The second-order valence-corrected chi connectivity index (χ2v) is 12.1. The Bertz CT molecular complexity index is 1210. The quantitative estimate of drug-likeness (QED) is 0.249. The SMILES string of the molecule is C[C@H](C(=O)c1ccc(Cl)cc1)N(C(=O)c1ccccc1Cl)N1C(=O)[C@@H]2[C@H]3C[C@@H]([C@H](Br)[C@@H]3Br)[C@@H]2C1=O. The first kappa shape index (κ1) is 24.9. The normalized spacial score (nSPS) is 29.9. The number of Topliss-reactive ketones (excluding diaryl/α,β-unsaturated/α-hetero) is 1.